The van der Waals surface area contributed by atoms with Crippen molar-refractivity contribution in [1.82, 2.24) is 19.7 Å². The molecule has 30 heavy (non-hydrogen) atoms. The molecule has 0 fully saturated rings. The van der Waals surface area contributed by atoms with Crippen molar-refractivity contribution in [1.29, 1.82) is 5.26 Å². The van der Waals surface area contributed by atoms with E-state index < -0.39 is 0 Å². The maximum atomic E-state index is 9.21. The summed E-state index contributed by atoms with van der Waals surface area (Å²) in [6.07, 6.45) is 4.50. The van der Waals surface area contributed by atoms with Crippen LogP contribution in [-0.2, 0) is 6.42 Å². The number of benzene rings is 2. The topological polar surface area (TPSA) is 67.4 Å². The zero-order chi connectivity index (χ0) is 20.7. The standard InChI is InChI=1S/C24H16BrN5/c1-2-21-23-19(17-11-15-5-3-4-6-22(15)28-14-17)9-10-27-24(23)30(29-21)18-8-7-16(13-26)20(25)12-18/h3-12,14H,2H2,1H3. The summed E-state index contributed by atoms with van der Waals surface area (Å²) in [4.78, 5) is 9.28. The van der Waals surface area contributed by atoms with Crippen LogP contribution in [0.1, 0.15) is 18.2 Å². The van der Waals surface area contributed by atoms with Gasteiger partial charge in [-0.05, 0) is 64.3 Å². The van der Waals surface area contributed by atoms with E-state index in [2.05, 4.69) is 51.0 Å². The van der Waals surface area contributed by atoms with Gasteiger partial charge in [0.05, 0.1) is 27.8 Å². The Hall–Kier alpha value is -3.56. The first-order valence-corrected chi connectivity index (χ1v) is 10.4. The molecule has 5 rings (SSSR count). The molecule has 0 radical (unpaired) electrons. The van der Waals surface area contributed by atoms with Gasteiger partial charge in [0, 0.05) is 27.8 Å². The van der Waals surface area contributed by atoms with E-state index in [4.69, 9.17) is 5.10 Å². The molecule has 0 aliphatic rings. The molecule has 5 nitrogen and oxygen atoms in total. The molecule has 0 atom stereocenters. The van der Waals surface area contributed by atoms with Crippen LogP contribution in [-0.4, -0.2) is 19.7 Å². The zero-order valence-electron chi connectivity index (χ0n) is 16.2. The van der Waals surface area contributed by atoms with Crippen LogP contribution in [0.4, 0.5) is 0 Å². The summed E-state index contributed by atoms with van der Waals surface area (Å²) in [5, 5.41) is 16.2. The van der Waals surface area contributed by atoms with E-state index in [1.165, 1.54) is 0 Å². The van der Waals surface area contributed by atoms with Gasteiger partial charge in [0.25, 0.3) is 0 Å². The Morgan fingerprint density at radius 3 is 2.73 bits per heavy atom. The van der Waals surface area contributed by atoms with Crippen LogP contribution in [0.3, 0.4) is 0 Å². The van der Waals surface area contributed by atoms with Gasteiger partial charge in [-0.1, -0.05) is 25.1 Å². The lowest BCUT2D eigenvalue weighted by Gasteiger charge is -2.07. The molecule has 0 N–H and O–H groups in total. The van der Waals surface area contributed by atoms with Gasteiger partial charge >= 0.3 is 0 Å². The van der Waals surface area contributed by atoms with Crippen molar-refractivity contribution in [3.63, 3.8) is 0 Å². The second kappa shape index (κ2) is 7.36. The Kier molecular flexibility index (Phi) is 4.53. The van der Waals surface area contributed by atoms with E-state index in [-0.39, 0.29) is 0 Å². The molecule has 0 aliphatic carbocycles. The van der Waals surface area contributed by atoms with Gasteiger partial charge in [0.2, 0.25) is 0 Å². The van der Waals surface area contributed by atoms with E-state index in [0.29, 0.717) is 5.56 Å². The Morgan fingerprint density at radius 1 is 1.07 bits per heavy atom. The monoisotopic (exact) mass is 453 g/mol. The summed E-state index contributed by atoms with van der Waals surface area (Å²) >= 11 is 3.47. The van der Waals surface area contributed by atoms with Crippen LogP contribution in [0.5, 0.6) is 0 Å². The highest BCUT2D eigenvalue weighted by molar-refractivity contribution is 9.10. The first-order valence-electron chi connectivity index (χ1n) is 9.61. The third-order valence-corrected chi connectivity index (χ3v) is 5.85. The number of aryl methyl sites for hydroxylation is 1. The predicted octanol–water partition coefficient (Wildman–Crippen LogP) is 5.83. The highest BCUT2D eigenvalue weighted by Crippen LogP contribution is 2.33. The third kappa shape index (κ3) is 2.95. The summed E-state index contributed by atoms with van der Waals surface area (Å²) in [7, 11) is 0. The van der Waals surface area contributed by atoms with Crippen molar-refractivity contribution in [2.24, 2.45) is 0 Å². The van der Waals surface area contributed by atoms with Crippen molar-refractivity contribution >= 4 is 37.9 Å². The molecule has 0 saturated heterocycles. The number of nitriles is 1. The second-order valence-electron chi connectivity index (χ2n) is 6.96. The largest absolute Gasteiger partial charge is 0.256 e. The SMILES string of the molecule is CCc1nn(-c2ccc(C#N)c(Br)c2)c2nccc(-c3cnc4ccccc4c3)c12. The molecule has 3 aromatic heterocycles. The number of halogens is 1. The van der Waals surface area contributed by atoms with Crippen LogP contribution < -0.4 is 0 Å². The van der Waals surface area contributed by atoms with Crippen LogP contribution in [0, 0.1) is 11.3 Å². The second-order valence-corrected chi connectivity index (χ2v) is 7.82. The molecule has 0 spiro atoms. The molecule has 0 saturated carbocycles. The average molecular weight is 454 g/mol. The number of hydrogen-bond acceptors (Lipinski definition) is 4. The van der Waals surface area contributed by atoms with Crippen molar-refractivity contribution < 1.29 is 0 Å². The van der Waals surface area contributed by atoms with Gasteiger partial charge in [-0.25, -0.2) is 9.67 Å². The fourth-order valence-corrected chi connectivity index (χ4v) is 4.18. The summed E-state index contributed by atoms with van der Waals surface area (Å²) in [6, 6.07) is 20.0. The highest BCUT2D eigenvalue weighted by Gasteiger charge is 2.17. The number of fused-ring (bicyclic) bond motifs is 2. The molecule has 2 aromatic carbocycles. The number of hydrogen-bond donors (Lipinski definition) is 0. The molecule has 0 bridgehead atoms. The smallest absolute Gasteiger partial charge is 0.163 e. The van der Waals surface area contributed by atoms with Crippen LogP contribution >= 0.6 is 15.9 Å². The van der Waals surface area contributed by atoms with Gasteiger partial charge < -0.3 is 0 Å². The molecule has 6 heteroatoms. The molecular formula is C24H16BrN5. The number of nitrogens with zero attached hydrogens (tertiary/aromatic N) is 5. The van der Waals surface area contributed by atoms with E-state index in [1.54, 1.807) is 6.07 Å². The summed E-state index contributed by atoms with van der Waals surface area (Å²) in [5.41, 5.74) is 6.27. The molecule has 0 aliphatic heterocycles. The Bertz CT molecular complexity index is 1460. The minimum Gasteiger partial charge on any atom is -0.256 e. The van der Waals surface area contributed by atoms with Crippen molar-refractivity contribution in [2.45, 2.75) is 13.3 Å². The minimum absolute atomic E-state index is 0.585. The zero-order valence-corrected chi connectivity index (χ0v) is 17.8. The predicted molar refractivity (Wildman–Crippen MR) is 121 cm³/mol. The quantitative estimate of drug-likeness (QED) is 0.344. The average Bonchev–Trinajstić information content (AvgIpc) is 3.17. The van der Waals surface area contributed by atoms with Crippen molar-refractivity contribution in [3.8, 4) is 22.9 Å². The molecule has 5 aromatic rings. The van der Waals surface area contributed by atoms with Crippen LogP contribution in [0.2, 0.25) is 0 Å². The molecule has 0 amide bonds. The minimum atomic E-state index is 0.585. The highest BCUT2D eigenvalue weighted by atomic mass is 79.9. The summed E-state index contributed by atoms with van der Waals surface area (Å²) in [6.45, 7) is 2.09. The lowest BCUT2D eigenvalue weighted by molar-refractivity contribution is 0.854. The molecule has 0 unspecified atom stereocenters. The molecule has 144 valence electrons. The summed E-state index contributed by atoms with van der Waals surface area (Å²) in [5.74, 6) is 0. The lowest BCUT2D eigenvalue weighted by Crippen LogP contribution is -1.99. The number of para-hydroxylation sites is 1. The Morgan fingerprint density at radius 2 is 1.93 bits per heavy atom. The van der Waals surface area contributed by atoms with Gasteiger partial charge in [0.1, 0.15) is 6.07 Å². The van der Waals surface area contributed by atoms with Gasteiger partial charge in [-0.3, -0.25) is 4.98 Å². The van der Waals surface area contributed by atoms with Gasteiger partial charge in [-0.2, -0.15) is 10.4 Å². The van der Waals surface area contributed by atoms with Gasteiger partial charge in [0.15, 0.2) is 5.65 Å². The van der Waals surface area contributed by atoms with Crippen LogP contribution in [0.25, 0.3) is 38.8 Å². The Labute approximate surface area is 181 Å². The fourth-order valence-electron chi connectivity index (χ4n) is 3.73. The van der Waals surface area contributed by atoms with Crippen molar-refractivity contribution in [2.75, 3.05) is 0 Å². The summed E-state index contributed by atoms with van der Waals surface area (Å²) < 4.78 is 2.58. The number of pyridine rings is 2. The maximum Gasteiger partial charge on any atom is 0.163 e. The van der Waals surface area contributed by atoms with Crippen molar-refractivity contribution in [3.05, 3.63) is 82.7 Å². The molecular weight excluding hydrogens is 438 g/mol. The first kappa shape index (κ1) is 18.5. The number of rotatable bonds is 3. The normalized spacial score (nSPS) is 11.1. The lowest BCUT2D eigenvalue weighted by atomic mass is 10.0. The molecule has 3 heterocycles. The first-order chi connectivity index (χ1) is 14.7. The van der Waals surface area contributed by atoms with Gasteiger partial charge in [-0.15, -0.1) is 0 Å². The Balaban J connectivity index is 1.75. The van der Waals surface area contributed by atoms with E-state index in [0.717, 1.165) is 55.3 Å². The maximum absolute atomic E-state index is 9.21. The number of aromatic nitrogens is 4. The van der Waals surface area contributed by atoms with E-state index >= 15 is 0 Å². The van der Waals surface area contributed by atoms with E-state index in [1.807, 2.05) is 53.5 Å². The fraction of sp³-hybridized carbons (Fsp3) is 0.0833. The van der Waals surface area contributed by atoms with E-state index in [9.17, 15) is 5.26 Å². The van der Waals surface area contributed by atoms with Crippen LogP contribution in [0.15, 0.2) is 71.5 Å². The third-order valence-electron chi connectivity index (χ3n) is 5.19.